The number of nitrogens with one attached hydrogen (secondary N) is 1. The van der Waals surface area contributed by atoms with Crippen LogP contribution in [0.3, 0.4) is 0 Å². The summed E-state index contributed by atoms with van der Waals surface area (Å²) in [7, 11) is 0. The molecular weight excluding hydrogens is 297 g/mol. The van der Waals surface area contributed by atoms with E-state index in [-0.39, 0.29) is 21.8 Å². The summed E-state index contributed by atoms with van der Waals surface area (Å²) in [5.41, 5.74) is 0.516. The van der Waals surface area contributed by atoms with E-state index in [9.17, 15) is 14.0 Å². The predicted molar refractivity (Wildman–Crippen MR) is 77.5 cm³/mol. The van der Waals surface area contributed by atoms with Gasteiger partial charge in [-0.2, -0.15) is 0 Å². The molecule has 0 spiro atoms. The van der Waals surface area contributed by atoms with E-state index in [0.717, 1.165) is 11.6 Å². The summed E-state index contributed by atoms with van der Waals surface area (Å²) in [4.78, 5) is 23.2. The van der Waals surface area contributed by atoms with E-state index in [4.69, 9.17) is 16.7 Å². The second kappa shape index (κ2) is 5.93. The lowest BCUT2D eigenvalue weighted by molar-refractivity contribution is 0.0698. The maximum atomic E-state index is 13.6. The molecule has 0 unspecified atom stereocenters. The zero-order valence-electron chi connectivity index (χ0n) is 11.0. The minimum atomic E-state index is -1.18. The number of aryl methyl sites for hydroxylation is 1. The Labute approximate surface area is 125 Å². The smallest absolute Gasteiger partial charge is 0.337 e. The largest absolute Gasteiger partial charge is 0.478 e. The molecule has 21 heavy (non-hydrogen) atoms. The summed E-state index contributed by atoms with van der Waals surface area (Å²) >= 11 is 5.73. The molecule has 0 aromatic heterocycles. The Morgan fingerprint density at radius 3 is 2.52 bits per heavy atom. The van der Waals surface area contributed by atoms with Crippen LogP contribution in [0.25, 0.3) is 0 Å². The van der Waals surface area contributed by atoms with Crippen LogP contribution < -0.4 is 5.32 Å². The van der Waals surface area contributed by atoms with Crippen LogP contribution in [0.2, 0.25) is 5.02 Å². The van der Waals surface area contributed by atoms with Gasteiger partial charge in [-0.05, 0) is 37.3 Å². The average Bonchev–Trinajstić information content (AvgIpc) is 2.43. The molecule has 0 bridgehead atoms. The first kappa shape index (κ1) is 15.0. The van der Waals surface area contributed by atoms with Crippen molar-refractivity contribution in [3.63, 3.8) is 0 Å². The lowest BCUT2D eigenvalue weighted by Crippen LogP contribution is -2.16. The Hall–Kier alpha value is -2.40. The first-order chi connectivity index (χ1) is 9.88. The van der Waals surface area contributed by atoms with Gasteiger partial charge in [0.25, 0.3) is 5.91 Å². The van der Waals surface area contributed by atoms with E-state index < -0.39 is 17.7 Å². The van der Waals surface area contributed by atoms with Gasteiger partial charge in [0, 0.05) is 5.02 Å². The van der Waals surface area contributed by atoms with Gasteiger partial charge in [0.1, 0.15) is 5.82 Å². The number of carbonyl (C=O) groups excluding carboxylic acids is 1. The normalized spacial score (nSPS) is 10.2. The van der Waals surface area contributed by atoms with Crippen LogP contribution in [-0.2, 0) is 0 Å². The maximum Gasteiger partial charge on any atom is 0.337 e. The number of hydrogen-bond donors (Lipinski definition) is 2. The van der Waals surface area contributed by atoms with Gasteiger partial charge >= 0.3 is 5.97 Å². The molecule has 0 aliphatic carbocycles. The van der Waals surface area contributed by atoms with Crippen molar-refractivity contribution >= 4 is 29.2 Å². The molecule has 2 rings (SSSR count). The number of benzene rings is 2. The van der Waals surface area contributed by atoms with E-state index in [1.165, 1.54) is 24.3 Å². The Balaban J connectivity index is 2.36. The second-order valence-electron chi connectivity index (χ2n) is 4.43. The highest BCUT2D eigenvalue weighted by molar-refractivity contribution is 6.31. The van der Waals surface area contributed by atoms with E-state index in [1.54, 1.807) is 13.0 Å². The van der Waals surface area contributed by atoms with Gasteiger partial charge < -0.3 is 10.4 Å². The Bertz CT molecular complexity index is 731. The molecule has 0 saturated heterocycles. The van der Waals surface area contributed by atoms with E-state index in [2.05, 4.69) is 5.32 Å². The van der Waals surface area contributed by atoms with Crippen LogP contribution in [0, 0.1) is 12.7 Å². The molecule has 0 aliphatic rings. The molecule has 0 aliphatic heterocycles. The lowest BCUT2D eigenvalue weighted by Gasteiger charge is -2.10. The number of halogens is 2. The molecule has 2 N–H and O–H groups in total. The Morgan fingerprint density at radius 1 is 1.14 bits per heavy atom. The van der Waals surface area contributed by atoms with Crippen LogP contribution in [-0.4, -0.2) is 17.0 Å². The number of aromatic carboxylic acids is 1. The van der Waals surface area contributed by atoms with Gasteiger partial charge in [0.2, 0.25) is 0 Å². The molecule has 2 aromatic carbocycles. The molecule has 108 valence electrons. The number of carboxylic acids is 1. The third-order valence-corrected chi connectivity index (χ3v) is 3.06. The van der Waals surface area contributed by atoms with Crippen LogP contribution in [0.15, 0.2) is 36.4 Å². The summed E-state index contributed by atoms with van der Waals surface area (Å²) in [5.74, 6) is -2.68. The summed E-state index contributed by atoms with van der Waals surface area (Å²) < 4.78 is 13.6. The summed E-state index contributed by atoms with van der Waals surface area (Å²) in [6.45, 7) is 1.73. The monoisotopic (exact) mass is 307 g/mol. The van der Waals surface area contributed by atoms with Gasteiger partial charge in [0.15, 0.2) is 0 Å². The molecule has 1 amide bonds. The van der Waals surface area contributed by atoms with Gasteiger partial charge in [-0.1, -0.05) is 23.2 Å². The maximum absolute atomic E-state index is 13.6. The first-order valence-corrected chi connectivity index (χ1v) is 6.36. The Morgan fingerprint density at radius 2 is 1.86 bits per heavy atom. The van der Waals surface area contributed by atoms with Crippen LogP contribution >= 0.6 is 11.6 Å². The molecule has 0 radical (unpaired) electrons. The fraction of sp³-hybridized carbons (Fsp3) is 0.0667. The second-order valence-corrected chi connectivity index (χ2v) is 4.87. The number of amides is 1. The number of carbonyl (C=O) groups is 2. The van der Waals surface area contributed by atoms with Crippen molar-refractivity contribution in [1.29, 1.82) is 0 Å². The highest BCUT2D eigenvalue weighted by Gasteiger charge is 2.16. The minimum absolute atomic E-state index is 0.0641. The number of rotatable bonds is 3. The van der Waals surface area contributed by atoms with Crippen molar-refractivity contribution in [3.8, 4) is 0 Å². The summed E-state index contributed by atoms with van der Waals surface area (Å²) in [6, 6.07) is 8.11. The Kier molecular flexibility index (Phi) is 4.23. The first-order valence-electron chi connectivity index (χ1n) is 5.99. The zero-order chi connectivity index (χ0) is 15.6. The van der Waals surface area contributed by atoms with E-state index >= 15 is 0 Å². The number of carboxylic acid groups (broad SMARTS) is 1. The van der Waals surface area contributed by atoms with Crippen molar-refractivity contribution in [2.45, 2.75) is 6.92 Å². The van der Waals surface area contributed by atoms with Crippen molar-refractivity contribution < 1.29 is 19.1 Å². The van der Waals surface area contributed by atoms with Gasteiger partial charge in [-0.15, -0.1) is 0 Å². The van der Waals surface area contributed by atoms with Gasteiger partial charge in [0.05, 0.1) is 16.8 Å². The molecule has 6 heteroatoms. The van der Waals surface area contributed by atoms with E-state index in [0.29, 0.717) is 0 Å². The standard InChI is InChI=1S/C15H11ClFNO3/c1-8-2-5-13(11(6-8)15(20)21)18-14(19)10-7-9(16)3-4-12(10)17/h2-7H,1H3,(H,18,19)(H,20,21). The zero-order valence-corrected chi connectivity index (χ0v) is 11.7. The molecule has 0 saturated carbocycles. The summed E-state index contributed by atoms with van der Waals surface area (Å²) in [5, 5.41) is 11.7. The number of hydrogen-bond acceptors (Lipinski definition) is 2. The fourth-order valence-corrected chi connectivity index (χ4v) is 1.98. The lowest BCUT2D eigenvalue weighted by atomic mass is 10.1. The molecule has 2 aromatic rings. The van der Waals surface area contributed by atoms with Gasteiger partial charge in [-0.3, -0.25) is 4.79 Å². The molecule has 0 fully saturated rings. The van der Waals surface area contributed by atoms with Crippen molar-refractivity contribution in [3.05, 3.63) is 63.9 Å². The van der Waals surface area contributed by atoms with Crippen molar-refractivity contribution in [2.75, 3.05) is 5.32 Å². The third-order valence-electron chi connectivity index (χ3n) is 2.83. The quantitative estimate of drug-likeness (QED) is 0.907. The highest BCUT2D eigenvalue weighted by atomic mass is 35.5. The fourth-order valence-electron chi connectivity index (χ4n) is 1.81. The third kappa shape index (κ3) is 3.38. The summed E-state index contributed by atoms with van der Waals surface area (Å²) in [6.07, 6.45) is 0. The van der Waals surface area contributed by atoms with Crippen LogP contribution in [0.4, 0.5) is 10.1 Å². The van der Waals surface area contributed by atoms with E-state index in [1.807, 2.05) is 0 Å². The van der Waals surface area contributed by atoms with Crippen molar-refractivity contribution in [1.82, 2.24) is 0 Å². The molecule has 4 nitrogen and oxygen atoms in total. The molecular formula is C15H11ClFNO3. The highest BCUT2D eigenvalue weighted by Crippen LogP contribution is 2.20. The predicted octanol–water partition coefficient (Wildman–Crippen LogP) is 3.74. The van der Waals surface area contributed by atoms with Crippen LogP contribution in [0.5, 0.6) is 0 Å². The van der Waals surface area contributed by atoms with Crippen LogP contribution in [0.1, 0.15) is 26.3 Å². The minimum Gasteiger partial charge on any atom is -0.478 e. The average molecular weight is 308 g/mol. The topological polar surface area (TPSA) is 66.4 Å². The van der Waals surface area contributed by atoms with Gasteiger partial charge in [-0.25, -0.2) is 9.18 Å². The van der Waals surface area contributed by atoms with Crippen molar-refractivity contribution in [2.24, 2.45) is 0 Å². The molecule has 0 atom stereocenters. The SMILES string of the molecule is Cc1ccc(NC(=O)c2cc(Cl)ccc2F)c(C(=O)O)c1. The molecule has 0 heterocycles. The number of anilines is 1.